The minimum atomic E-state index is -0.647. The quantitative estimate of drug-likeness (QED) is 0.846. The maximum atomic E-state index is 11.7. The third-order valence-electron chi connectivity index (χ3n) is 4.24. The first kappa shape index (κ1) is 12.2. The van der Waals surface area contributed by atoms with Crippen LogP contribution in [0.4, 0.5) is 0 Å². The molecule has 92 valence electrons. The molecule has 1 aromatic rings. The highest BCUT2D eigenvalue weighted by Crippen LogP contribution is 2.41. The van der Waals surface area contributed by atoms with Gasteiger partial charge in [-0.05, 0) is 43.4 Å². The Bertz CT molecular complexity index is 429. The maximum absolute atomic E-state index is 11.7. The van der Waals surface area contributed by atoms with Crippen LogP contribution in [0.15, 0.2) is 18.2 Å². The van der Waals surface area contributed by atoms with Crippen LogP contribution in [-0.4, -0.2) is 11.1 Å². The molecule has 0 aromatic heterocycles. The summed E-state index contributed by atoms with van der Waals surface area (Å²) in [5.41, 5.74) is 2.74. The highest BCUT2D eigenvalue weighted by atomic mass is 16.4. The molecule has 0 aliphatic heterocycles. The van der Waals surface area contributed by atoms with Crippen molar-refractivity contribution in [2.45, 2.75) is 51.4 Å². The zero-order valence-electron chi connectivity index (χ0n) is 10.6. The van der Waals surface area contributed by atoms with Crippen molar-refractivity contribution >= 4 is 5.97 Å². The molecule has 1 aliphatic carbocycles. The molecule has 0 spiro atoms. The van der Waals surface area contributed by atoms with E-state index in [0.29, 0.717) is 0 Å². The SMILES string of the molecule is Cc1cccc(C2(C(=O)O)CCCCC2)c1C. The second-order valence-corrected chi connectivity index (χ2v) is 5.20. The minimum Gasteiger partial charge on any atom is -0.481 e. The summed E-state index contributed by atoms with van der Waals surface area (Å²) in [6.07, 6.45) is 4.79. The molecule has 2 rings (SSSR count). The second-order valence-electron chi connectivity index (χ2n) is 5.20. The van der Waals surface area contributed by atoms with Crippen LogP contribution in [0.3, 0.4) is 0 Å². The molecule has 1 aliphatic rings. The number of aryl methyl sites for hydroxylation is 1. The van der Waals surface area contributed by atoms with Gasteiger partial charge >= 0.3 is 5.97 Å². The number of carbonyl (C=O) groups is 1. The van der Waals surface area contributed by atoms with Crippen LogP contribution in [0.1, 0.15) is 48.8 Å². The van der Waals surface area contributed by atoms with Crippen molar-refractivity contribution < 1.29 is 9.90 Å². The maximum Gasteiger partial charge on any atom is 0.314 e. The van der Waals surface area contributed by atoms with Gasteiger partial charge in [0.2, 0.25) is 0 Å². The fraction of sp³-hybridized carbons (Fsp3) is 0.533. The molecular formula is C15H20O2. The molecule has 2 nitrogen and oxygen atoms in total. The van der Waals surface area contributed by atoms with Crippen molar-refractivity contribution in [1.29, 1.82) is 0 Å². The van der Waals surface area contributed by atoms with Crippen LogP contribution in [0, 0.1) is 13.8 Å². The van der Waals surface area contributed by atoms with Gasteiger partial charge in [-0.3, -0.25) is 4.79 Å². The Balaban J connectivity index is 2.53. The van der Waals surface area contributed by atoms with Crippen LogP contribution in [0.5, 0.6) is 0 Å². The predicted octanol–water partition coefficient (Wildman–Crippen LogP) is 3.59. The molecule has 1 fully saturated rings. The number of hydrogen-bond acceptors (Lipinski definition) is 1. The average molecular weight is 232 g/mol. The van der Waals surface area contributed by atoms with Crippen LogP contribution in [0.25, 0.3) is 0 Å². The van der Waals surface area contributed by atoms with Crippen molar-refractivity contribution in [2.75, 3.05) is 0 Å². The van der Waals surface area contributed by atoms with Gasteiger partial charge in [-0.1, -0.05) is 37.5 Å². The van der Waals surface area contributed by atoms with Gasteiger partial charge in [-0.2, -0.15) is 0 Å². The molecule has 0 bridgehead atoms. The molecule has 1 saturated carbocycles. The fourth-order valence-corrected chi connectivity index (χ4v) is 3.02. The van der Waals surface area contributed by atoms with Crippen molar-refractivity contribution in [1.82, 2.24) is 0 Å². The topological polar surface area (TPSA) is 37.3 Å². The van der Waals surface area contributed by atoms with Gasteiger partial charge in [0.05, 0.1) is 5.41 Å². The lowest BCUT2D eigenvalue weighted by Crippen LogP contribution is -2.38. The van der Waals surface area contributed by atoms with Gasteiger partial charge in [0, 0.05) is 0 Å². The molecule has 1 aromatic carbocycles. The van der Waals surface area contributed by atoms with Gasteiger partial charge in [-0.15, -0.1) is 0 Å². The summed E-state index contributed by atoms with van der Waals surface area (Å²) in [6, 6.07) is 6.04. The Morgan fingerprint density at radius 3 is 2.41 bits per heavy atom. The summed E-state index contributed by atoms with van der Waals surface area (Å²) in [7, 11) is 0. The molecule has 1 N–H and O–H groups in total. The molecule has 0 radical (unpaired) electrons. The first-order chi connectivity index (χ1) is 8.08. The summed E-state index contributed by atoms with van der Waals surface area (Å²) < 4.78 is 0. The van der Waals surface area contributed by atoms with E-state index in [1.165, 1.54) is 12.0 Å². The third-order valence-corrected chi connectivity index (χ3v) is 4.24. The Hall–Kier alpha value is -1.31. The number of hydrogen-bond donors (Lipinski definition) is 1. The first-order valence-corrected chi connectivity index (χ1v) is 6.38. The predicted molar refractivity (Wildman–Crippen MR) is 68.3 cm³/mol. The van der Waals surface area contributed by atoms with Crippen molar-refractivity contribution in [3.05, 3.63) is 34.9 Å². The number of carboxylic acids is 1. The largest absolute Gasteiger partial charge is 0.481 e. The lowest BCUT2D eigenvalue weighted by atomic mass is 9.68. The number of rotatable bonds is 2. The normalized spacial score (nSPS) is 18.9. The van der Waals surface area contributed by atoms with E-state index < -0.39 is 11.4 Å². The van der Waals surface area contributed by atoms with E-state index in [4.69, 9.17) is 0 Å². The van der Waals surface area contributed by atoms with E-state index in [1.807, 2.05) is 19.1 Å². The highest BCUT2D eigenvalue weighted by Gasteiger charge is 2.42. The average Bonchev–Trinajstić information content (AvgIpc) is 2.33. The lowest BCUT2D eigenvalue weighted by molar-refractivity contribution is -0.145. The second kappa shape index (κ2) is 4.52. The van der Waals surface area contributed by atoms with Crippen LogP contribution in [-0.2, 0) is 10.2 Å². The zero-order valence-corrected chi connectivity index (χ0v) is 10.6. The smallest absolute Gasteiger partial charge is 0.314 e. The van der Waals surface area contributed by atoms with E-state index >= 15 is 0 Å². The van der Waals surface area contributed by atoms with Crippen LogP contribution < -0.4 is 0 Å². The Morgan fingerprint density at radius 1 is 1.18 bits per heavy atom. The summed E-state index contributed by atoms with van der Waals surface area (Å²) in [6.45, 7) is 4.10. The lowest BCUT2D eigenvalue weighted by Gasteiger charge is -2.35. The van der Waals surface area contributed by atoms with Crippen molar-refractivity contribution in [2.24, 2.45) is 0 Å². The summed E-state index contributed by atoms with van der Waals surface area (Å²) in [4.78, 5) is 11.7. The van der Waals surface area contributed by atoms with Crippen molar-refractivity contribution in [3.63, 3.8) is 0 Å². The van der Waals surface area contributed by atoms with E-state index in [1.54, 1.807) is 0 Å². The fourth-order valence-electron chi connectivity index (χ4n) is 3.02. The Labute approximate surface area is 103 Å². The van der Waals surface area contributed by atoms with E-state index in [9.17, 15) is 9.90 Å². The molecule has 0 unspecified atom stereocenters. The summed E-state index contributed by atoms with van der Waals surface area (Å²) in [5.74, 6) is -0.647. The third kappa shape index (κ3) is 1.97. The van der Waals surface area contributed by atoms with Crippen LogP contribution >= 0.6 is 0 Å². The number of carboxylic acid groups (broad SMARTS) is 1. The summed E-state index contributed by atoms with van der Waals surface area (Å²) >= 11 is 0. The van der Waals surface area contributed by atoms with Gasteiger partial charge < -0.3 is 5.11 Å². The first-order valence-electron chi connectivity index (χ1n) is 6.38. The van der Waals surface area contributed by atoms with E-state index in [0.717, 1.165) is 36.8 Å². The van der Waals surface area contributed by atoms with Gasteiger partial charge in [0.15, 0.2) is 0 Å². The molecule has 2 heteroatoms. The number of benzene rings is 1. The molecule has 0 amide bonds. The Morgan fingerprint density at radius 2 is 1.82 bits per heavy atom. The molecule has 0 heterocycles. The van der Waals surface area contributed by atoms with Gasteiger partial charge in [-0.25, -0.2) is 0 Å². The van der Waals surface area contributed by atoms with Gasteiger partial charge in [0.25, 0.3) is 0 Å². The van der Waals surface area contributed by atoms with E-state index in [2.05, 4.69) is 13.0 Å². The molecule has 17 heavy (non-hydrogen) atoms. The molecular weight excluding hydrogens is 212 g/mol. The Kier molecular flexibility index (Phi) is 3.23. The molecule has 0 atom stereocenters. The minimum absolute atomic E-state index is 0.631. The zero-order chi connectivity index (χ0) is 12.5. The highest BCUT2D eigenvalue weighted by molar-refractivity contribution is 5.82. The summed E-state index contributed by atoms with van der Waals surface area (Å²) in [5, 5.41) is 9.66. The monoisotopic (exact) mass is 232 g/mol. The van der Waals surface area contributed by atoms with Gasteiger partial charge in [0.1, 0.15) is 0 Å². The van der Waals surface area contributed by atoms with Crippen LogP contribution in [0.2, 0.25) is 0 Å². The standard InChI is InChI=1S/C15H20O2/c1-11-7-6-8-13(12(11)2)15(14(16)17)9-4-3-5-10-15/h6-8H,3-5,9-10H2,1-2H3,(H,16,17). The van der Waals surface area contributed by atoms with Crippen molar-refractivity contribution in [3.8, 4) is 0 Å². The molecule has 0 saturated heterocycles. The number of aliphatic carboxylic acids is 1. The van der Waals surface area contributed by atoms with E-state index in [-0.39, 0.29) is 0 Å².